The molecular formula is C29H32ClN3O5. The van der Waals surface area contributed by atoms with E-state index >= 15 is 0 Å². The molecular weight excluding hydrogens is 506 g/mol. The van der Waals surface area contributed by atoms with Crippen molar-refractivity contribution in [1.29, 1.82) is 0 Å². The molecule has 2 aromatic rings. The number of carbonyl (C=O) groups excluding carboxylic acids is 4. The Hall–Kier alpha value is -3.39. The number of benzene rings is 2. The number of piperidine rings is 2. The van der Waals surface area contributed by atoms with Crippen molar-refractivity contribution in [2.75, 3.05) is 37.7 Å². The molecule has 3 amide bonds. The van der Waals surface area contributed by atoms with Crippen LogP contribution in [-0.4, -0.2) is 66.3 Å². The Bertz CT molecular complexity index is 1260. The number of likely N-dealkylation sites (tertiary alicyclic amines) is 1. The van der Waals surface area contributed by atoms with Crippen molar-refractivity contribution in [2.45, 2.75) is 39.2 Å². The number of nitrogens with zero attached hydrogens (tertiary/aromatic N) is 3. The van der Waals surface area contributed by atoms with E-state index in [4.69, 9.17) is 16.3 Å². The van der Waals surface area contributed by atoms with Crippen molar-refractivity contribution in [2.24, 2.45) is 11.8 Å². The molecule has 0 aromatic heterocycles. The van der Waals surface area contributed by atoms with E-state index in [1.54, 1.807) is 42.2 Å². The second-order valence-corrected chi connectivity index (χ2v) is 10.6. The first kappa shape index (κ1) is 26.2. The normalized spacial score (nSPS) is 21.5. The van der Waals surface area contributed by atoms with Crippen LogP contribution in [0.3, 0.4) is 0 Å². The van der Waals surface area contributed by atoms with E-state index in [1.165, 1.54) is 4.90 Å². The lowest BCUT2D eigenvalue weighted by Gasteiger charge is -2.39. The van der Waals surface area contributed by atoms with Gasteiger partial charge in [0.2, 0.25) is 5.91 Å². The van der Waals surface area contributed by atoms with Crippen molar-refractivity contribution in [1.82, 2.24) is 9.80 Å². The molecule has 3 heterocycles. The number of hydrogen-bond acceptors (Lipinski definition) is 6. The van der Waals surface area contributed by atoms with Crippen LogP contribution in [0.15, 0.2) is 42.5 Å². The average Bonchev–Trinajstić information content (AvgIpc) is 3.19. The van der Waals surface area contributed by atoms with Crippen LogP contribution < -0.4 is 4.90 Å². The van der Waals surface area contributed by atoms with Crippen LogP contribution in [0.4, 0.5) is 5.69 Å². The van der Waals surface area contributed by atoms with Gasteiger partial charge in [0.25, 0.3) is 11.8 Å². The molecule has 5 rings (SSSR count). The van der Waals surface area contributed by atoms with Gasteiger partial charge in [-0.1, -0.05) is 35.9 Å². The number of fused-ring (bicyclic) bond motifs is 1. The maximum atomic E-state index is 13.5. The number of halogens is 1. The number of ether oxygens (including phenoxy) is 1. The summed E-state index contributed by atoms with van der Waals surface area (Å²) < 4.78 is 5.19. The number of amides is 3. The van der Waals surface area contributed by atoms with Crippen molar-refractivity contribution < 1.29 is 23.9 Å². The fourth-order valence-electron chi connectivity index (χ4n) is 5.81. The van der Waals surface area contributed by atoms with Gasteiger partial charge in [0.15, 0.2) is 0 Å². The van der Waals surface area contributed by atoms with Crippen LogP contribution in [0.5, 0.6) is 0 Å². The molecule has 200 valence electrons. The third-order valence-electron chi connectivity index (χ3n) is 7.73. The lowest BCUT2D eigenvalue weighted by atomic mass is 9.92. The first-order valence-corrected chi connectivity index (χ1v) is 13.7. The lowest BCUT2D eigenvalue weighted by Crippen LogP contribution is -2.49. The number of carbonyl (C=O) groups is 4. The molecule has 2 atom stereocenters. The first-order valence-electron chi connectivity index (χ1n) is 13.3. The van der Waals surface area contributed by atoms with Gasteiger partial charge in [-0.15, -0.1) is 0 Å². The predicted octanol–water partition coefficient (Wildman–Crippen LogP) is 4.15. The van der Waals surface area contributed by atoms with Crippen molar-refractivity contribution in [3.05, 3.63) is 64.2 Å². The van der Waals surface area contributed by atoms with Crippen LogP contribution >= 0.6 is 11.6 Å². The Morgan fingerprint density at radius 1 is 0.947 bits per heavy atom. The minimum atomic E-state index is -0.345. The second kappa shape index (κ2) is 11.2. The molecule has 0 N–H and O–H groups in total. The smallest absolute Gasteiger partial charge is 0.310 e. The summed E-state index contributed by atoms with van der Waals surface area (Å²) in [5.41, 5.74) is 2.15. The fraction of sp³-hybridized carbons (Fsp3) is 0.448. The number of anilines is 1. The molecule has 2 unspecified atom stereocenters. The summed E-state index contributed by atoms with van der Waals surface area (Å²) >= 11 is 6.30. The zero-order chi connectivity index (χ0) is 26.8. The van der Waals surface area contributed by atoms with Gasteiger partial charge < -0.3 is 14.5 Å². The molecule has 2 aromatic carbocycles. The third kappa shape index (κ3) is 5.01. The average molecular weight is 538 g/mol. The SMILES string of the molecule is CCOC(=O)C1CCCN(C(=O)C2CCCN(c3cccc4c3C(=O)N(Cc3ccccc3Cl)C4=O)C2)C1. The van der Waals surface area contributed by atoms with E-state index in [0.717, 1.165) is 25.7 Å². The molecule has 0 spiro atoms. The Labute approximate surface area is 227 Å². The van der Waals surface area contributed by atoms with Crippen LogP contribution in [0.25, 0.3) is 0 Å². The fourth-order valence-corrected chi connectivity index (χ4v) is 6.00. The van der Waals surface area contributed by atoms with Gasteiger partial charge in [0.1, 0.15) is 0 Å². The van der Waals surface area contributed by atoms with Crippen molar-refractivity contribution >= 4 is 41.0 Å². The van der Waals surface area contributed by atoms with E-state index in [2.05, 4.69) is 4.90 Å². The second-order valence-electron chi connectivity index (χ2n) is 10.1. The Balaban J connectivity index is 1.32. The predicted molar refractivity (Wildman–Crippen MR) is 143 cm³/mol. The Kier molecular flexibility index (Phi) is 7.70. The quantitative estimate of drug-likeness (QED) is 0.406. The zero-order valence-electron chi connectivity index (χ0n) is 21.5. The lowest BCUT2D eigenvalue weighted by molar-refractivity contribution is -0.152. The summed E-state index contributed by atoms with van der Waals surface area (Å²) in [6.07, 6.45) is 3.04. The van der Waals surface area contributed by atoms with Crippen LogP contribution in [0, 0.1) is 11.8 Å². The van der Waals surface area contributed by atoms with Gasteiger partial charge in [0, 0.05) is 31.2 Å². The van der Waals surface area contributed by atoms with E-state index in [-0.39, 0.29) is 42.1 Å². The number of esters is 1. The molecule has 0 radical (unpaired) electrons. The van der Waals surface area contributed by atoms with Gasteiger partial charge in [-0.25, -0.2) is 0 Å². The van der Waals surface area contributed by atoms with E-state index in [9.17, 15) is 19.2 Å². The number of imide groups is 1. The van der Waals surface area contributed by atoms with E-state index in [0.29, 0.717) is 60.2 Å². The summed E-state index contributed by atoms with van der Waals surface area (Å²) in [6.45, 7) is 4.39. The summed E-state index contributed by atoms with van der Waals surface area (Å²) in [5.74, 6) is -1.40. The van der Waals surface area contributed by atoms with Gasteiger partial charge >= 0.3 is 5.97 Å². The molecule has 8 nitrogen and oxygen atoms in total. The molecule has 9 heteroatoms. The number of rotatable bonds is 6. The van der Waals surface area contributed by atoms with Crippen LogP contribution in [0.1, 0.15) is 58.9 Å². The minimum absolute atomic E-state index is 0.0408. The standard InChI is InChI=1S/C29H32ClN3O5/c1-2-38-29(37)21-10-7-15-32(17-21)26(34)20-9-6-14-31(16-20)24-13-5-11-22-25(24)28(36)33(27(22)35)18-19-8-3-4-12-23(19)30/h3-5,8,11-13,20-21H,2,6-7,9-10,14-18H2,1H3. The summed E-state index contributed by atoms with van der Waals surface area (Å²) in [5, 5.41) is 0.504. The van der Waals surface area contributed by atoms with E-state index < -0.39 is 0 Å². The molecule has 3 aliphatic heterocycles. The minimum Gasteiger partial charge on any atom is -0.466 e. The molecule has 2 fully saturated rings. The summed E-state index contributed by atoms with van der Waals surface area (Å²) in [4.78, 5) is 57.6. The van der Waals surface area contributed by atoms with Gasteiger partial charge in [-0.3, -0.25) is 24.1 Å². The van der Waals surface area contributed by atoms with Crippen LogP contribution in [-0.2, 0) is 20.9 Å². The Morgan fingerprint density at radius 2 is 1.71 bits per heavy atom. The third-order valence-corrected chi connectivity index (χ3v) is 8.10. The highest BCUT2D eigenvalue weighted by Crippen LogP contribution is 2.35. The molecule has 0 bridgehead atoms. The molecule has 0 aliphatic carbocycles. The highest BCUT2D eigenvalue weighted by molar-refractivity contribution is 6.31. The van der Waals surface area contributed by atoms with Gasteiger partial charge in [-0.05, 0) is 56.4 Å². The van der Waals surface area contributed by atoms with Gasteiger partial charge in [-0.2, -0.15) is 0 Å². The molecule has 2 saturated heterocycles. The monoisotopic (exact) mass is 537 g/mol. The van der Waals surface area contributed by atoms with Crippen molar-refractivity contribution in [3.8, 4) is 0 Å². The first-order chi connectivity index (χ1) is 18.4. The topological polar surface area (TPSA) is 87.2 Å². The van der Waals surface area contributed by atoms with Gasteiger partial charge in [0.05, 0.1) is 41.8 Å². The van der Waals surface area contributed by atoms with Crippen molar-refractivity contribution in [3.63, 3.8) is 0 Å². The Morgan fingerprint density at radius 3 is 2.50 bits per heavy atom. The van der Waals surface area contributed by atoms with Crippen LogP contribution in [0.2, 0.25) is 5.02 Å². The maximum absolute atomic E-state index is 13.5. The van der Waals surface area contributed by atoms with E-state index in [1.807, 2.05) is 12.1 Å². The highest BCUT2D eigenvalue weighted by Gasteiger charge is 2.40. The number of hydrogen-bond donors (Lipinski definition) is 0. The summed E-state index contributed by atoms with van der Waals surface area (Å²) in [7, 11) is 0. The largest absolute Gasteiger partial charge is 0.466 e. The molecule has 3 aliphatic rings. The molecule has 38 heavy (non-hydrogen) atoms. The molecule has 0 saturated carbocycles. The zero-order valence-corrected chi connectivity index (χ0v) is 22.3. The summed E-state index contributed by atoms with van der Waals surface area (Å²) in [6, 6.07) is 12.5. The highest BCUT2D eigenvalue weighted by atomic mass is 35.5. The maximum Gasteiger partial charge on any atom is 0.310 e.